The normalized spacial score (nSPS) is 14.3. The van der Waals surface area contributed by atoms with Crippen LogP contribution in [0.3, 0.4) is 0 Å². The average Bonchev–Trinajstić information content (AvgIpc) is 2.82. The maximum atomic E-state index is 13.4. The first kappa shape index (κ1) is 24.0. The van der Waals surface area contributed by atoms with Gasteiger partial charge in [0.15, 0.2) is 0 Å². The van der Waals surface area contributed by atoms with Crippen LogP contribution in [0.2, 0.25) is 0 Å². The van der Waals surface area contributed by atoms with E-state index in [0.717, 1.165) is 11.5 Å². The zero-order valence-corrected chi connectivity index (χ0v) is 19.0. The Morgan fingerprint density at radius 2 is 1.83 bits per heavy atom. The second-order valence-electron chi connectivity index (χ2n) is 8.54. The number of nitrogens with zero attached hydrogens (tertiary/aromatic N) is 2. The Hall–Kier alpha value is -4.14. The number of benzene rings is 2. The molecule has 180 valence electrons. The molecule has 2 atom stereocenters. The zero-order valence-electron chi connectivity index (χ0n) is 19.0. The van der Waals surface area contributed by atoms with Crippen LogP contribution >= 0.6 is 0 Å². The summed E-state index contributed by atoms with van der Waals surface area (Å²) in [5, 5.41) is 13.7. The quantitative estimate of drug-likeness (QED) is 0.356. The van der Waals surface area contributed by atoms with Gasteiger partial charge in [0, 0.05) is 29.3 Å². The lowest BCUT2D eigenvalue weighted by molar-refractivity contribution is -0.137. The smallest absolute Gasteiger partial charge is 0.417 e. The minimum atomic E-state index is -4.62. The summed E-state index contributed by atoms with van der Waals surface area (Å²) in [6.07, 6.45) is -2.27. The van der Waals surface area contributed by atoms with E-state index in [2.05, 4.69) is 15.3 Å². The van der Waals surface area contributed by atoms with Crippen LogP contribution in [-0.4, -0.2) is 21.0 Å². The van der Waals surface area contributed by atoms with E-state index in [4.69, 9.17) is 5.73 Å². The Kier molecular flexibility index (Phi) is 6.10. The summed E-state index contributed by atoms with van der Waals surface area (Å²) in [7, 11) is 0. The largest absolute Gasteiger partial charge is 0.508 e. The highest BCUT2D eigenvalue weighted by molar-refractivity contribution is 5.98. The lowest BCUT2D eigenvalue weighted by atomic mass is 9.78. The third kappa shape index (κ3) is 4.75. The molecule has 0 saturated carbocycles. The molecule has 0 saturated heterocycles. The first-order chi connectivity index (χ1) is 16.5. The van der Waals surface area contributed by atoms with Crippen molar-refractivity contribution in [3.63, 3.8) is 0 Å². The molecule has 4 aromatic rings. The Balaban J connectivity index is 1.80. The van der Waals surface area contributed by atoms with Crippen molar-refractivity contribution in [1.29, 1.82) is 0 Å². The second kappa shape index (κ2) is 8.90. The number of nitrogen functional groups attached to an aromatic ring is 1. The van der Waals surface area contributed by atoms with Crippen molar-refractivity contribution in [2.45, 2.75) is 31.5 Å². The molecule has 2 aromatic carbocycles. The Morgan fingerprint density at radius 3 is 2.51 bits per heavy atom. The fraction of sp³-hybridized carbons (Fsp3) is 0.192. The van der Waals surface area contributed by atoms with Crippen LogP contribution in [0.15, 0.2) is 73.1 Å². The maximum Gasteiger partial charge on any atom is 0.417 e. The van der Waals surface area contributed by atoms with Crippen LogP contribution in [0, 0.1) is 0 Å². The van der Waals surface area contributed by atoms with E-state index in [9.17, 15) is 23.1 Å². The number of hydrogen-bond acceptors (Lipinski definition) is 5. The summed E-state index contributed by atoms with van der Waals surface area (Å²) >= 11 is 0. The number of anilines is 1. The van der Waals surface area contributed by atoms with Gasteiger partial charge in [-0.25, -0.2) is 0 Å². The summed E-state index contributed by atoms with van der Waals surface area (Å²) in [5.41, 5.74) is 5.31. The fourth-order valence-corrected chi connectivity index (χ4v) is 4.10. The van der Waals surface area contributed by atoms with Crippen LogP contribution in [0.4, 0.5) is 18.9 Å². The topological polar surface area (TPSA) is 101 Å². The monoisotopic (exact) mass is 480 g/mol. The number of rotatable bonds is 5. The Labute approximate surface area is 199 Å². The number of alkyl halides is 3. The maximum absolute atomic E-state index is 13.4. The van der Waals surface area contributed by atoms with Crippen molar-refractivity contribution in [1.82, 2.24) is 15.3 Å². The third-order valence-electron chi connectivity index (χ3n) is 6.21. The molecule has 35 heavy (non-hydrogen) atoms. The molecular formula is C26H23F3N4O2. The molecule has 0 aliphatic rings. The number of hydrogen-bond donors (Lipinski definition) is 3. The number of carbonyl (C=O) groups excluding carboxylic acids is 1. The van der Waals surface area contributed by atoms with E-state index in [0.29, 0.717) is 22.8 Å². The number of fused-ring (bicyclic) bond motifs is 1. The SMILES string of the molecule is CC(c1cccc(O)c1)C(C)(NC(=O)c1ccc2ncccc2c1)c1ncc(C(F)(F)F)cc1N. The standard InChI is InChI=1S/C26H23F3N4O2/c1-15(16-5-3-7-20(34)12-16)25(2,23-21(30)13-19(14-32-23)26(27,28)29)33-24(35)18-8-9-22-17(11-18)6-4-10-31-22/h3-15,34H,30H2,1-2H3,(H,33,35). The first-order valence-corrected chi connectivity index (χ1v) is 10.8. The molecule has 0 radical (unpaired) electrons. The molecule has 0 bridgehead atoms. The van der Waals surface area contributed by atoms with Crippen molar-refractivity contribution >= 4 is 22.5 Å². The number of pyridine rings is 2. The highest BCUT2D eigenvalue weighted by atomic mass is 19.4. The number of aromatic nitrogens is 2. The first-order valence-electron chi connectivity index (χ1n) is 10.8. The Bertz CT molecular complexity index is 1410. The van der Waals surface area contributed by atoms with Crippen LogP contribution in [-0.2, 0) is 11.7 Å². The molecule has 2 heterocycles. The van der Waals surface area contributed by atoms with Crippen molar-refractivity contribution in [2.75, 3.05) is 5.73 Å². The zero-order chi connectivity index (χ0) is 25.4. The lowest BCUT2D eigenvalue weighted by Crippen LogP contribution is -2.48. The molecule has 0 fully saturated rings. The van der Waals surface area contributed by atoms with Crippen LogP contribution in [0.25, 0.3) is 10.9 Å². The summed E-state index contributed by atoms with van der Waals surface area (Å²) in [5.74, 6) is -0.989. The van der Waals surface area contributed by atoms with Gasteiger partial charge in [0.25, 0.3) is 5.91 Å². The lowest BCUT2D eigenvalue weighted by Gasteiger charge is -2.37. The highest BCUT2D eigenvalue weighted by Crippen LogP contribution is 2.41. The van der Waals surface area contributed by atoms with E-state index in [-0.39, 0.29) is 17.1 Å². The van der Waals surface area contributed by atoms with Crippen LogP contribution < -0.4 is 11.1 Å². The predicted octanol–water partition coefficient (Wildman–Crippen LogP) is 5.39. The van der Waals surface area contributed by atoms with E-state index < -0.39 is 29.1 Å². The average molecular weight is 480 g/mol. The molecule has 2 unspecified atom stereocenters. The van der Waals surface area contributed by atoms with Crippen LogP contribution in [0.1, 0.15) is 46.9 Å². The van der Waals surface area contributed by atoms with Gasteiger partial charge in [-0.05, 0) is 55.0 Å². The van der Waals surface area contributed by atoms with Gasteiger partial charge in [0.2, 0.25) is 0 Å². The van der Waals surface area contributed by atoms with Gasteiger partial charge >= 0.3 is 6.18 Å². The van der Waals surface area contributed by atoms with Gasteiger partial charge in [0.05, 0.1) is 28.0 Å². The van der Waals surface area contributed by atoms with Crippen molar-refractivity contribution in [3.8, 4) is 5.75 Å². The predicted molar refractivity (Wildman–Crippen MR) is 127 cm³/mol. The summed E-state index contributed by atoms with van der Waals surface area (Å²) < 4.78 is 39.7. The number of amides is 1. The number of halogens is 3. The van der Waals surface area contributed by atoms with Gasteiger partial charge in [0.1, 0.15) is 5.75 Å². The number of carbonyl (C=O) groups is 1. The molecule has 4 rings (SSSR count). The number of phenolic OH excluding ortho intramolecular Hbond substituents is 1. The van der Waals surface area contributed by atoms with E-state index in [1.807, 2.05) is 6.07 Å². The number of nitrogens with one attached hydrogen (secondary N) is 1. The van der Waals surface area contributed by atoms with Gasteiger partial charge < -0.3 is 16.2 Å². The van der Waals surface area contributed by atoms with Gasteiger partial charge in [-0.3, -0.25) is 14.8 Å². The molecule has 0 aliphatic carbocycles. The van der Waals surface area contributed by atoms with Gasteiger partial charge in [-0.2, -0.15) is 13.2 Å². The Morgan fingerprint density at radius 1 is 1.06 bits per heavy atom. The number of aromatic hydroxyl groups is 1. The number of phenols is 1. The second-order valence-corrected chi connectivity index (χ2v) is 8.54. The van der Waals surface area contributed by atoms with Gasteiger partial charge in [-0.1, -0.05) is 25.1 Å². The molecular weight excluding hydrogens is 457 g/mol. The number of nitrogens with two attached hydrogens (primary N) is 1. The summed E-state index contributed by atoms with van der Waals surface area (Å²) in [6, 6.07) is 15.8. The molecule has 9 heteroatoms. The third-order valence-corrected chi connectivity index (χ3v) is 6.21. The molecule has 1 amide bonds. The molecule has 4 N–H and O–H groups in total. The summed E-state index contributed by atoms with van der Waals surface area (Å²) in [4.78, 5) is 21.7. The highest BCUT2D eigenvalue weighted by Gasteiger charge is 2.40. The van der Waals surface area contributed by atoms with Crippen LogP contribution in [0.5, 0.6) is 5.75 Å². The molecule has 0 aliphatic heterocycles. The molecule has 0 spiro atoms. The van der Waals surface area contributed by atoms with Crippen molar-refractivity contribution in [2.24, 2.45) is 0 Å². The molecule has 2 aromatic heterocycles. The van der Waals surface area contributed by atoms with Crippen molar-refractivity contribution in [3.05, 3.63) is 95.4 Å². The van der Waals surface area contributed by atoms with E-state index in [1.165, 1.54) is 12.1 Å². The fourth-order valence-electron chi connectivity index (χ4n) is 4.10. The van der Waals surface area contributed by atoms with E-state index in [1.54, 1.807) is 56.4 Å². The molecule has 6 nitrogen and oxygen atoms in total. The van der Waals surface area contributed by atoms with Crippen molar-refractivity contribution < 1.29 is 23.1 Å². The minimum absolute atomic E-state index is 0.0124. The van der Waals surface area contributed by atoms with E-state index >= 15 is 0 Å². The van der Waals surface area contributed by atoms with Gasteiger partial charge in [-0.15, -0.1) is 0 Å². The minimum Gasteiger partial charge on any atom is -0.508 e. The summed E-state index contributed by atoms with van der Waals surface area (Å²) in [6.45, 7) is 3.42.